The van der Waals surface area contributed by atoms with Gasteiger partial charge in [-0.25, -0.2) is 0 Å². The van der Waals surface area contributed by atoms with Gasteiger partial charge in [0.25, 0.3) is 0 Å². The Labute approximate surface area is 516 Å². The molecule has 0 radical (unpaired) electrons. The van der Waals surface area contributed by atoms with Crippen LogP contribution in [-0.4, -0.2) is 163 Å². The molecule has 0 aromatic rings. The number of carbonyl (C=O) groups is 4. The smallest absolute Gasteiger partial charge is 0.220 e. The van der Waals surface area contributed by atoms with E-state index in [0.29, 0.717) is 151 Å². The number of aliphatic hydroxyl groups is 4. The predicted molar refractivity (Wildman–Crippen MR) is 329 cm³/mol. The summed E-state index contributed by atoms with van der Waals surface area (Å²) in [6, 6.07) is 0. The molecule has 0 aromatic heterocycles. The van der Waals surface area contributed by atoms with Crippen molar-refractivity contribution in [3.63, 3.8) is 0 Å². The first-order chi connectivity index (χ1) is 41.8. The quantitative estimate of drug-likeness (QED) is 0.0321. The first kappa shape index (κ1) is 68.3. The van der Waals surface area contributed by atoms with Crippen molar-refractivity contribution in [1.82, 2.24) is 10.6 Å². The van der Waals surface area contributed by atoms with Crippen molar-refractivity contribution in [3.8, 4) is 0 Å². The number of Topliss-reactive ketones (excluding diaryl/α,β-unsaturated/α-hetero) is 2. The van der Waals surface area contributed by atoms with Gasteiger partial charge in [0.2, 0.25) is 11.8 Å². The van der Waals surface area contributed by atoms with Gasteiger partial charge in [0, 0.05) is 64.8 Å². The minimum Gasteiger partial charge on any atom is -0.396 e. The van der Waals surface area contributed by atoms with Crippen molar-refractivity contribution in [1.29, 1.82) is 0 Å². The molecule has 86 heavy (non-hydrogen) atoms. The van der Waals surface area contributed by atoms with Crippen molar-refractivity contribution in [2.75, 3.05) is 119 Å². The fourth-order valence-electron chi connectivity index (χ4n) is 22.2. The molecule has 492 valence electrons. The molecule has 16 saturated carbocycles. The van der Waals surface area contributed by atoms with Gasteiger partial charge >= 0.3 is 0 Å². The molecule has 0 spiro atoms. The molecule has 16 aliphatic carbocycles. The van der Waals surface area contributed by atoms with Crippen LogP contribution in [0.4, 0.5) is 0 Å². The zero-order chi connectivity index (χ0) is 60.2. The zero-order valence-electron chi connectivity index (χ0n) is 53.2. The molecule has 0 heterocycles. The summed E-state index contributed by atoms with van der Waals surface area (Å²) in [4.78, 5) is 48.9. The summed E-state index contributed by atoms with van der Waals surface area (Å²) in [6.07, 6.45) is 38.7. The molecular formula is C70H118N2O14. The lowest BCUT2D eigenvalue weighted by atomic mass is 9.48. The van der Waals surface area contributed by atoms with E-state index in [1.807, 2.05) is 0 Å². The minimum atomic E-state index is 0.0394. The van der Waals surface area contributed by atoms with Crippen LogP contribution in [0, 0.1) is 92.7 Å². The van der Waals surface area contributed by atoms with Crippen LogP contribution in [0.25, 0.3) is 0 Å². The van der Waals surface area contributed by atoms with E-state index in [2.05, 4.69) is 10.6 Å². The normalized spacial score (nSPS) is 36.4. The Morgan fingerprint density at radius 3 is 0.802 bits per heavy atom. The van der Waals surface area contributed by atoms with E-state index in [9.17, 15) is 19.2 Å². The largest absolute Gasteiger partial charge is 0.396 e. The third-order valence-electron chi connectivity index (χ3n) is 23.2. The summed E-state index contributed by atoms with van der Waals surface area (Å²) in [6.45, 7) is 7.24. The third kappa shape index (κ3) is 21.0. The zero-order valence-corrected chi connectivity index (χ0v) is 53.2. The van der Waals surface area contributed by atoms with Crippen molar-refractivity contribution in [2.24, 2.45) is 92.7 Å². The number of carbonyl (C=O) groups excluding carboxylic acids is 4. The third-order valence-corrected chi connectivity index (χ3v) is 23.2. The standard InChI is InChI=1S/C20H35NO5.C19H32O4.C16H27NO3.C15H24O2/c22-2-4-25-6-8-26-7-5-24-3-1-21-19(23)15-20-12-16-9-17(13-20)11-18(10-16)14-20;20-3-5-23-7-6-22-4-1-2-18(21)14-19-11-15-8-16(12-19)10-17(9-15)13-19;18-2-4-20-3-1-17-15(19)11-16-8-12-5-13(9-16)7-14(6-12)10-16;16-3-1-2-14(17)10-15-7-11-4-12(8-15)6-13(5-11)9-15/h16-18,22H,1-15H2,(H,21,23);15-17,20H,1-14H2;12-14,18H,1-11H2,(H,17,19);11-13,16H,1-10H2. The Bertz CT molecular complexity index is 1930. The van der Waals surface area contributed by atoms with Crippen molar-refractivity contribution < 1.29 is 68.0 Å². The van der Waals surface area contributed by atoms with Gasteiger partial charge in [-0.2, -0.15) is 0 Å². The number of ketones is 2. The molecule has 16 aliphatic rings. The topological polar surface area (TPSA) is 229 Å². The SMILES string of the molecule is O=C(CC12CC3CC(CC(C3)C1)C2)NCCOCCO.O=C(CC12CC3CC(CC(C3)C1)C2)NCCOCCOCCOCCO.O=C(CCCO)CC12CC3CC(CC(C3)C1)C2.O=C(CCCOCCOCCO)CC12CC3CC(CC(C3)C1)C2. The summed E-state index contributed by atoms with van der Waals surface area (Å²) < 4.78 is 31.7. The van der Waals surface area contributed by atoms with Crippen LogP contribution in [-0.2, 0) is 47.6 Å². The van der Waals surface area contributed by atoms with E-state index in [-0.39, 0.29) is 38.2 Å². The molecule has 16 bridgehead atoms. The van der Waals surface area contributed by atoms with Gasteiger partial charge in [-0.05, 0) is 260 Å². The number of aliphatic hydroxyl groups excluding tert-OH is 4. The van der Waals surface area contributed by atoms with Crippen molar-refractivity contribution >= 4 is 23.4 Å². The molecule has 0 saturated heterocycles. The maximum absolute atomic E-state index is 12.4. The summed E-state index contributed by atoms with van der Waals surface area (Å²) >= 11 is 0. The van der Waals surface area contributed by atoms with E-state index in [1.165, 1.54) is 154 Å². The fourth-order valence-corrected chi connectivity index (χ4v) is 22.2. The molecular weight excluding hydrogens is 1090 g/mol. The van der Waals surface area contributed by atoms with Gasteiger partial charge in [0.05, 0.1) is 92.5 Å². The highest BCUT2D eigenvalue weighted by molar-refractivity contribution is 5.80. The minimum absolute atomic E-state index is 0.0394. The van der Waals surface area contributed by atoms with Gasteiger partial charge < -0.3 is 59.5 Å². The average molecular weight is 1210 g/mol. The van der Waals surface area contributed by atoms with Crippen LogP contribution in [0.1, 0.15) is 205 Å². The lowest BCUT2D eigenvalue weighted by Crippen LogP contribution is -2.48. The molecule has 0 aromatic carbocycles. The first-order valence-corrected chi connectivity index (χ1v) is 35.2. The van der Waals surface area contributed by atoms with E-state index in [0.717, 1.165) is 96.7 Å². The Kier molecular flexibility index (Phi) is 27.0. The van der Waals surface area contributed by atoms with Crippen LogP contribution in [0.2, 0.25) is 0 Å². The lowest BCUT2D eigenvalue weighted by molar-refractivity contribution is -0.130. The maximum Gasteiger partial charge on any atom is 0.220 e. The van der Waals surface area contributed by atoms with Crippen molar-refractivity contribution in [3.05, 3.63) is 0 Å². The summed E-state index contributed by atoms with van der Waals surface area (Å²) in [5.41, 5.74) is 1.41. The van der Waals surface area contributed by atoms with E-state index in [1.54, 1.807) is 0 Å². The molecule has 0 unspecified atom stereocenters. The van der Waals surface area contributed by atoms with E-state index >= 15 is 0 Å². The molecule has 0 aliphatic heterocycles. The fraction of sp³-hybridized carbons (Fsp3) is 0.943. The second-order valence-electron chi connectivity index (χ2n) is 30.9. The van der Waals surface area contributed by atoms with Gasteiger partial charge in [-0.3, -0.25) is 19.2 Å². The number of rotatable bonds is 36. The van der Waals surface area contributed by atoms with Gasteiger partial charge in [0.1, 0.15) is 11.6 Å². The van der Waals surface area contributed by atoms with Crippen LogP contribution in [0.15, 0.2) is 0 Å². The molecule has 16 heteroatoms. The number of amides is 2. The molecule has 16 nitrogen and oxygen atoms in total. The second kappa shape index (κ2) is 34.0. The van der Waals surface area contributed by atoms with Gasteiger partial charge in [-0.15, -0.1) is 0 Å². The number of hydrogen-bond donors (Lipinski definition) is 6. The van der Waals surface area contributed by atoms with Crippen LogP contribution in [0.5, 0.6) is 0 Å². The second-order valence-corrected chi connectivity index (χ2v) is 30.9. The Hall–Kier alpha value is -2.12. The van der Waals surface area contributed by atoms with Crippen LogP contribution in [0.3, 0.4) is 0 Å². The summed E-state index contributed by atoms with van der Waals surface area (Å²) in [7, 11) is 0. The van der Waals surface area contributed by atoms with Crippen LogP contribution < -0.4 is 10.6 Å². The van der Waals surface area contributed by atoms with Gasteiger partial charge in [-0.1, -0.05) is 0 Å². The molecule has 6 N–H and O–H groups in total. The van der Waals surface area contributed by atoms with E-state index in [4.69, 9.17) is 48.8 Å². The lowest BCUT2D eigenvalue weighted by Gasteiger charge is -2.56. The summed E-state index contributed by atoms with van der Waals surface area (Å²) in [5.74, 6) is 12.2. The monoisotopic (exact) mass is 1210 g/mol. The van der Waals surface area contributed by atoms with Gasteiger partial charge in [0.15, 0.2) is 0 Å². The molecule has 0 atom stereocenters. The highest BCUT2D eigenvalue weighted by Crippen LogP contribution is 2.65. The molecule has 16 rings (SSSR count). The summed E-state index contributed by atoms with van der Waals surface area (Å²) in [5, 5.41) is 40.5. The number of nitrogens with one attached hydrogen (secondary N) is 2. The predicted octanol–water partition coefficient (Wildman–Crippen LogP) is 9.37. The molecule has 16 fully saturated rings. The number of hydrogen-bond acceptors (Lipinski definition) is 14. The first-order valence-electron chi connectivity index (χ1n) is 35.2. The Morgan fingerprint density at radius 1 is 0.291 bits per heavy atom. The Morgan fingerprint density at radius 2 is 0.523 bits per heavy atom. The molecule has 2 amide bonds. The number of ether oxygens (including phenoxy) is 6. The van der Waals surface area contributed by atoms with Crippen LogP contribution >= 0.6 is 0 Å². The Balaban J connectivity index is 0.000000138. The average Bonchev–Trinajstić information content (AvgIpc) is 0.998. The van der Waals surface area contributed by atoms with Crippen molar-refractivity contribution in [2.45, 2.75) is 205 Å². The highest BCUT2D eigenvalue weighted by Gasteiger charge is 2.55. The maximum atomic E-state index is 12.4. The highest BCUT2D eigenvalue weighted by atomic mass is 16.5. The van der Waals surface area contributed by atoms with E-state index < -0.39 is 0 Å².